The standard InChI is InChI=1S/C27H35N3O6/c1-17-14-30(19(3)31)18(2)16-36-24-13-20(28-26(32)21-9-7-8-10-23(21)34-5)11-12-22(24)27(33)29(4)15-25(17)35-6/h7-13,17-18,25H,14-16H2,1-6H3,(H,28,32)/t17-,18-,25-/m1/s1. The van der Waals surface area contributed by atoms with Gasteiger partial charge in [-0.15, -0.1) is 0 Å². The number of carbonyl (C=O) groups excluding carboxylic acids is 3. The van der Waals surface area contributed by atoms with E-state index in [2.05, 4.69) is 5.32 Å². The zero-order valence-corrected chi connectivity index (χ0v) is 21.7. The number of para-hydroxylation sites is 1. The topological polar surface area (TPSA) is 97.4 Å². The Hall–Kier alpha value is -3.59. The molecule has 2 aromatic carbocycles. The number of nitrogens with zero attached hydrogens (tertiary/aromatic N) is 2. The number of amides is 3. The molecule has 0 bridgehead atoms. The summed E-state index contributed by atoms with van der Waals surface area (Å²) < 4.78 is 17.1. The summed E-state index contributed by atoms with van der Waals surface area (Å²) in [5.41, 5.74) is 1.21. The highest BCUT2D eigenvalue weighted by Gasteiger charge is 2.29. The molecule has 0 saturated carbocycles. The molecule has 0 aliphatic carbocycles. The lowest BCUT2D eigenvalue weighted by molar-refractivity contribution is -0.133. The number of benzene rings is 2. The summed E-state index contributed by atoms with van der Waals surface area (Å²) in [6.45, 7) is 6.45. The molecule has 1 heterocycles. The van der Waals surface area contributed by atoms with Crippen LogP contribution in [0.2, 0.25) is 0 Å². The maximum absolute atomic E-state index is 13.3. The lowest BCUT2D eigenvalue weighted by atomic mass is 10.0. The molecule has 3 rings (SSSR count). The Bertz CT molecular complexity index is 1100. The van der Waals surface area contributed by atoms with Crippen LogP contribution < -0.4 is 14.8 Å². The first-order chi connectivity index (χ1) is 17.2. The number of hydrogen-bond donors (Lipinski definition) is 1. The number of anilines is 1. The predicted molar refractivity (Wildman–Crippen MR) is 137 cm³/mol. The van der Waals surface area contributed by atoms with Gasteiger partial charge in [-0.2, -0.15) is 0 Å². The van der Waals surface area contributed by atoms with Crippen molar-refractivity contribution in [1.29, 1.82) is 0 Å². The number of carbonyl (C=O) groups is 3. The highest BCUT2D eigenvalue weighted by molar-refractivity contribution is 6.06. The third-order valence-electron chi connectivity index (χ3n) is 6.46. The Labute approximate surface area is 212 Å². The normalized spacial score (nSPS) is 20.9. The molecule has 194 valence electrons. The molecular weight excluding hydrogens is 462 g/mol. The van der Waals surface area contributed by atoms with Gasteiger partial charge < -0.3 is 29.3 Å². The van der Waals surface area contributed by atoms with Gasteiger partial charge in [0.2, 0.25) is 5.91 Å². The Kier molecular flexibility index (Phi) is 8.93. The van der Waals surface area contributed by atoms with E-state index in [0.29, 0.717) is 41.4 Å². The Morgan fingerprint density at radius 2 is 1.81 bits per heavy atom. The molecule has 9 heteroatoms. The van der Waals surface area contributed by atoms with Gasteiger partial charge >= 0.3 is 0 Å². The molecular formula is C27H35N3O6. The third kappa shape index (κ3) is 6.15. The van der Waals surface area contributed by atoms with Crippen molar-refractivity contribution in [3.63, 3.8) is 0 Å². The summed E-state index contributed by atoms with van der Waals surface area (Å²) >= 11 is 0. The fourth-order valence-corrected chi connectivity index (χ4v) is 4.32. The molecule has 0 radical (unpaired) electrons. The Morgan fingerprint density at radius 3 is 2.47 bits per heavy atom. The van der Waals surface area contributed by atoms with Crippen LogP contribution in [0.25, 0.3) is 0 Å². The molecule has 9 nitrogen and oxygen atoms in total. The lowest BCUT2D eigenvalue weighted by Crippen LogP contribution is -2.48. The maximum atomic E-state index is 13.3. The van der Waals surface area contributed by atoms with Crippen LogP contribution >= 0.6 is 0 Å². The number of nitrogens with one attached hydrogen (secondary N) is 1. The highest BCUT2D eigenvalue weighted by atomic mass is 16.5. The van der Waals surface area contributed by atoms with Crippen LogP contribution in [0.15, 0.2) is 42.5 Å². The van der Waals surface area contributed by atoms with Crippen molar-refractivity contribution in [3.8, 4) is 11.5 Å². The van der Waals surface area contributed by atoms with E-state index < -0.39 is 0 Å². The maximum Gasteiger partial charge on any atom is 0.259 e. The van der Waals surface area contributed by atoms with Crippen molar-refractivity contribution in [2.75, 3.05) is 46.3 Å². The van der Waals surface area contributed by atoms with E-state index in [4.69, 9.17) is 14.2 Å². The van der Waals surface area contributed by atoms with Crippen LogP contribution in [0, 0.1) is 5.92 Å². The first-order valence-electron chi connectivity index (χ1n) is 11.9. The Balaban J connectivity index is 1.95. The number of likely N-dealkylation sites (N-methyl/N-ethyl adjacent to an activating group) is 1. The monoisotopic (exact) mass is 497 g/mol. The molecule has 3 amide bonds. The van der Waals surface area contributed by atoms with Crippen molar-refractivity contribution in [2.45, 2.75) is 32.9 Å². The summed E-state index contributed by atoms with van der Waals surface area (Å²) in [4.78, 5) is 42.0. The van der Waals surface area contributed by atoms with Gasteiger partial charge in [-0.3, -0.25) is 14.4 Å². The first-order valence-corrected chi connectivity index (χ1v) is 11.9. The predicted octanol–water partition coefficient (Wildman–Crippen LogP) is 3.30. The largest absolute Gasteiger partial charge is 0.496 e. The lowest BCUT2D eigenvalue weighted by Gasteiger charge is -2.35. The van der Waals surface area contributed by atoms with Crippen molar-refractivity contribution < 1.29 is 28.6 Å². The number of hydrogen-bond acceptors (Lipinski definition) is 6. The second kappa shape index (κ2) is 11.9. The van der Waals surface area contributed by atoms with Crippen LogP contribution in [0.4, 0.5) is 5.69 Å². The number of fused-ring (bicyclic) bond motifs is 1. The van der Waals surface area contributed by atoms with E-state index in [0.717, 1.165) is 0 Å². The van der Waals surface area contributed by atoms with E-state index in [1.165, 1.54) is 14.0 Å². The summed E-state index contributed by atoms with van der Waals surface area (Å²) in [5.74, 6) is 0.142. The third-order valence-corrected chi connectivity index (χ3v) is 6.46. The van der Waals surface area contributed by atoms with E-state index in [1.807, 2.05) is 13.8 Å². The van der Waals surface area contributed by atoms with Gasteiger partial charge in [-0.1, -0.05) is 19.1 Å². The van der Waals surface area contributed by atoms with Crippen LogP contribution in [0.1, 0.15) is 41.5 Å². The highest BCUT2D eigenvalue weighted by Crippen LogP contribution is 2.28. The second-order valence-corrected chi connectivity index (χ2v) is 9.13. The average Bonchev–Trinajstić information content (AvgIpc) is 2.87. The molecule has 1 aliphatic heterocycles. The van der Waals surface area contributed by atoms with Gasteiger partial charge in [-0.25, -0.2) is 0 Å². The zero-order chi connectivity index (χ0) is 26.4. The number of methoxy groups -OCH3 is 2. The second-order valence-electron chi connectivity index (χ2n) is 9.13. The van der Waals surface area contributed by atoms with E-state index in [1.54, 1.807) is 66.4 Å². The molecule has 0 aromatic heterocycles. The zero-order valence-electron chi connectivity index (χ0n) is 21.7. The van der Waals surface area contributed by atoms with Gasteiger partial charge in [-0.05, 0) is 31.2 Å². The summed E-state index contributed by atoms with van der Waals surface area (Å²) in [5, 5.41) is 2.85. The molecule has 2 aromatic rings. The molecule has 0 fully saturated rings. The molecule has 0 saturated heterocycles. The van der Waals surface area contributed by atoms with Crippen molar-refractivity contribution in [1.82, 2.24) is 9.80 Å². The van der Waals surface area contributed by atoms with Crippen molar-refractivity contribution in [3.05, 3.63) is 53.6 Å². The van der Waals surface area contributed by atoms with Gasteiger partial charge in [0.15, 0.2) is 0 Å². The first kappa shape index (κ1) is 27.0. The van der Waals surface area contributed by atoms with Crippen molar-refractivity contribution in [2.24, 2.45) is 5.92 Å². The molecule has 36 heavy (non-hydrogen) atoms. The number of ether oxygens (including phenoxy) is 3. The molecule has 1 N–H and O–H groups in total. The smallest absolute Gasteiger partial charge is 0.259 e. The van der Waals surface area contributed by atoms with Crippen LogP contribution in [-0.4, -0.2) is 80.6 Å². The molecule has 1 aliphatic rings. The van der Waals surface area contributed by atoms with E-state index in [9.17, 15) is 14.4 Å². The number of rotatable bonds is 4. The fraction of sp³-hybridized carbons (Fsp3) is 0.444. The molecule has 0 spiro atoms. The van der Waals surface area contributed by atoms with E-state index >= 15 is 0 Å². The average molecular weight is 498 g/mol. The Morgan fingerprint density at radius 1 is 1.08 bits per heavy atom. The molecule has 0 unspecified atom stereocenters. The van der Waals surface area contributed by atoms with Gasteiger partial charge in [0.05, 0.1) is 30.4 Å². The fourth-order valence-electron chi connectivity index (χ4n) is 4.32. The minimum absolute atomic E-state index is 0.00284. The van der Waals surface area contributed by atoms with Crippen molar-refractivity contribution >= 4 is 23.4 Å². The summed E-state index contributed by atoms with van der Waals surface area (Å²) in [6, 6.07) is 11.6. The SMILES string of the molecule is COc1ccccc1C(=O)Nc1ccc2c(c1)OC[C@@H](C)N(C(C)=O)C[C@@H](C)[C@H](OC)CN(C)C2=O. The minimum atomic E-state index is -0.350. The van der Waals surface area contributed by atoms with Crippen LogP contribution in [-0.2, 0) is 9.53 Å². The van der Waals surface area contributed by atoms with Crippen LogP contribution in [0.5, 0.6) is 11.5 Å². The summed E-state index contributed by atoms with van der Waals surface area (Å²) in [7, 11) is 4.82. The van der Waals surface area contributed by atoms with E-state index in [-0.39, 0.29) is 42.4 Å². The van der Waals surface area contributed by atoms with Gasteiger partial charge in [0.1, 0.15) is 18.1 Å². The van der Waals surface area contributed by atoms with Gasteiger partial charge in [0, 0.05) is 51.8 Å². The quantitative estimate of drug-likeness (QED) is 0.696. The molecule has 3 atom stereocenters. The minimum Gasteiger partial charge on any atom is -0.496 e. The van der Waals surface area contributed by atoms with Crippen LogP contribution in [0.3, 0.4) is 0 Å². The summed E-state index contributed by atoms with van der Waals surface area (Å²) in [6.07, 6.45) is -0.254. The van der Waals surface area contributed by atoms with Gasteiger partial charge in [0.25, 0.3) is 11.8 Å².